The lowest BCUT2D eigenvalue weighted by Crippen LogP contribution is -2.48. The van der Waals surface area contributed by atoms with E-state index in [1.54, 1.807) is 0 Å². The summed E-state index contributed by atoms with van der Waals surface area (Å²) in [6, 6.07) is 7.66. The Balaban J connectivity index is 0.00000361. The normalized spacial score (nSPS) is 12.4. The molecule has 5 heteroatoms. The molecule has 0 saturated heterocycles. The molecule has 0 aliphatic heterocycles. The predicted octanol–water partition coefficient (Wildman–Crippen LogP) is 3.49. The van der Waals surface area contributed by atoms with Crippen molar-refractivity contribution in [2.45, 2.75) is 39.2 Å². The number of carbonyl (C=O) groups is 1. The summed E-state index contributed by atoms with van der Waals surface area (Å²) in [5, 5.41) is 3.85. The standard InChI is InChI=1S/C15H23ClN2O.ClH/c1-4-15(5-2,18-14(19)11(3)10-17)12-6-8-13(16)9-7-12;/h6-9,11H,4-5,10,17H2,1-3H3,(H,18,19);1H. The number of halogens is 2. The van der Waals surface area contributed by atoms with Crippen molar-refractivity contribution in [2.75, 3.05) is 6.54 Å². The molecule has 3 nitrogen and oxygen atoms in total. The molecular formula is C15H24Cl2N2O. The molecule has 20 heavy (non-hydrogen) atoms. The first kappa shape index (κ1) is 19.2. The van der Waals surface area contributed by atoms with E-state index in [0.717, 1.165) is 18.4 Å². The van der Waals surface area contributed by atoms with Crippen LogP contribution in [-0.2, 0) is 10.3 Å². The van der Waals surface area contributed by atoms with E-state index in [-0.39, 0.29) is 29.8 Å². The first-order chi connectivity index (χ1) is 8.99. The molecular weight excluding hydrogens is 295 g/mol. The maximum atomic E-state index is 12.1. The molecule has 0 fully saturated rings. The van der Waals surface area contributed by atoms with Gasteiger partial charge in [-0.3, -0.25) is 4.79 Å². The van der Waals surface area contributed by atoms with E-state index < -0.39 is 0 Å². The number of benzene rings is 1. The topological polar surface area (TPSA) is 55.1 Å². The van der Waals surface area contributed by atoms with Crippen molar-refractivity contribution in [3.8, 4) is 0 Å². The zero-order valence-electron chi connectivity index (χ0n) is 12.3. The Morgan fingerprint density at radius 1 is 1.30 bits per heavy atom. The minimum atomic E-state index is -0.342. The van der Waals surface area contributed by atoms with Crippen LogP contribution in [0.15, 0.2) is 24.3 Å². The van der Waals surface area contributed by atoms with Crippen LogP contribution in [0.5, 0.6) is 0 Å². The van der Waals surface area contributed by atoms with Crippen molar-refractivity contribution in [3.63, 3.8) is 0 Å². The van der Waals surface area contributed by atoms with Gasteiger partial charge in [0.15, 0.2) is 0 Å². The number of nitrogens with one attached hydrogen (secondary N) is 1. The highest BCUT2D eigenvalue weighted by molar-refractivity contribution is 6.30. The Bertz CT molecular complexity index is 416. The molecule has 114 valence electrons. The van der Waals surface area contributed by atoms with Crippen LogP contribution in [0.3, 0.4) is 0 Å². The van der Waals surface area contributed by atoms with Crippen LogP contribution in [-0.4, -0.2) is 12.5 Å². The summed E-state index contributed by atoms with van der Waals surface area (Å²) in [6.45, 7) is 6.35. The van der Waals surface area contributed by atoms with E-state index in [1.807, 2.05) is 31.2 Å². The number of rotatable bonds is 6. The van der Waals surface area contributed by atoms with Crippen molar-refractivity contribution in [1.82, 2.24) is 5.32 Å². The predicted molar refractivity (Wildman–Crippen MR) is 87.3 cm³/mol. The lowest BCUT2D eigenvalue weighted by atomic mass is 9.84. The van der Waals surface area contributed by atoms with Crippen LogP contribution in [0, 0.1) is 5.92 Å². The summed E-state index contributed by atoms with van der Waals surface area (Å²) in [5.74, 6) is -0.175. The average molecular weight is 319 g/mol. The van der Waals surface area contributed by atoms with Gasteiger partial charge in [-0.15, -0.1) is 12.4 Å². The minimum Gasteiger partial charge on any atom is -0.346 e. The van der Waals surface area contributed by atoms with E-state index in [2.05, 4.69) is 19.2 Å². The minimum absolute atomic E-state index is 0. The summed E-state index contributed by atoms with van der Waals surface area (Å²) in [5.41, 5.74) is 6.30. The number of carbonyl (C=O) groups excluding carboxylic acids is 1. The molecule has 1 aromatic carbocycles. The van der Waals surface area contributed by atoms with Gasteiger partial charge in [0.25, 0.3) is 0 Å². The number of hydrogen-bond donors (Lipinski definition) is 2. The second kappa shape index (κ2) is 8.50. The molecule has 0 aliphatic carbocycles. The van der Waals surface area contributed by atoms with Crippen molar-refractivity contribution in [2.24, 2.45) is 11.7 Å². The van der Waals surface area contributed by atoms with E-state index >= 15 is 0 Å². The van der Waals surface area contributed by atoms with Crippen molar-refractivity contribution in [3.05, 3.63) is 34.9 Å². The zero-order valence-corrected chi connectivity index (χ0v) is 13.9. The molecule has 1 atom stereocenters. The Kier molecular flexibility index (Phi) is 8.17. The summed E-state index contributed by atoms with van der Waals surface area (Å²) < 4.78 is 0. The van der Waals surface area contributed by atoms with E-state index in [1.165, 1.54) is 0 Å². The third-order valence-electron chi connectivity index (χ3n) is 3.77. The van der Waals surface area contributed by atoms with Crippen LogP contribution < -0.4 is 11.1 Å². The number of hydrogen-bond acceptors (Lipinski definition) is 2. The third kappa shape index (κ3) is 4.37. The Labute approximate surface area is 132 Å². The second-order valence-electron chi connectivity index (χ2n) is 4.92. The monoisotopic (exact) mass is 318 g/mol. The van der Waals surface area contributed by atoms with Gasteiger partial charge in [0.1, 0.15) is 0 Å². The number of amides is 1. The van der Waals surface area contributed by atoms with Gasteiger partial charge in [0, 0.05) is 17.5 Å². The van der Waals surface area contributed by atoms with Crippen LogP contribution in [0.2, 0.25) is 5.02 Å². The molecule has 3 N–H and O–H groups in total. The van der Waals surface area contributed by atoms with E-state index in [0.29, 0.717) is 11.6 Å². The van der Waals surface area contributed by atoms with Gasteiger partial charge in [-0.25, -0.2) is 0 Å². The summed E-state index contributed by atoms with van der Waals surface area (Å²) in [7, 11) is 0. The molecule has 1 amide bonds. The molecule has 0 aromatic heterocycles. The van der Waals surface area contributed by atoms with Gasteiger partial charge in [-0.1, -0.05) is 44.5 Å². The maximum Gasteiger partial charge on any atom is 0.224 e. The molecule has 0 aliphatic rings. The van der Waals surface area contributed by atoms with Crippen LogP contribution in [0.1, 0.15) is 39.2 Å². The first-order valence-electron chi connectivity index (χ1n) is 6.77. The fourth-order valence-electron chi connectivity index (χ4n) is 2.14. The van der Waals surface area contributed by atoms with Crippen molar-refractivity contribution < 1.29 is 4.79 Å². The van der Waals surface area contributed by atoms with E-state index in [9.17, 15) is 4.79 Å². The highest BCUT2D eigenvalue weighted by Gasteiger charge is 2.31. The fraction of sp³-hybridized carbons (Fsp3) is 0.533. The molecule has 0 spiro atoms. The lowest BCUT2D eigenvalue weighted by molar-refractivity contribution is -0.126. The van der Waals surface area contributed by atoms with Crippen LogP contribution >= 0.6 is 24.0 Å². The van der Waals surface area contributed by atoms with Gasteiger partial charge in [0.05, 0.1) is 5.54 Å². The molecule has 0 radical (unpaired) electrons. The SMILES string of the molecule is CCC(CC)(NC(=O)C(C)CN)c1ccc(Cl)cc1.Cl. The Morgan fingerprint density at radius 3 is 2.20 bits per heavy atom. The first-order valence-corrected chi connectivity index (χ1v) is 7.15. The third-order valence-corrected chi connectivity index (χ3v) is 4.02. The quantitative estimate of drug-likeness (QED) is 0.843. The van der Waals surface area contributed by atoms with Gasteiger partial charge < -0.3 is 11.1 Å². The largest absolute Gasteiger partial charge is 0.346 e. The van der Waals surface area contributed by atoms with Gasteiger partial charge >= 0.3 is 0 Å². The van der Waals surface area contributed by atoms with Crippen LogP contribution in [0.25, 0.3) is 0 Å². The molecule has 0 bridgehead atoms. The Hall–Kier alpha value is -0.770. The number of nitrogens with two attached hydrogens (primary N) is 1. The molecule has 0 saturated carbocycles. The molecule has 0 heterocycles. The summed E-state index contributed by atoms with van der Waals surface area (Å²) in [4.78, 5) is 12.1. The lowest BCUT2D eigenvalue weighted by Gasteiger charge is -2.34. The molecule has 1 rings (SSSR count). The van der Waals surface area contributed by atoms with Gasteiger partial charge in [0.2, 0.25) is 5.91 Å². The highest BCUT2D eigenvalue weighted by Crippen LogP contribution is 2.30. The van der Waals surface area contributed by atoms with Gasteiger partial charge in [-0.2, -0.15) is 0 Å². The summed E-state index contributed by atoms with van der Waals surface area (Å²) >= 11 is 5.92. The van der Waals surface area contributed by atoms with Crippen LogP contribution in [0.4, 0.5) is 0 Å². The molecule has 1 unspecified atom stereocenters. The van der Waals surface area contributed by atoms with Gasteiger partial charge in [-0.05, 0) is 30.5 Å². The zero-order chi connectivity index (χ0) is 14.5. The van der Waals surface area contributed by atoms with Crippen molar-refractivity contribution >= 4 is 29.9 Å². The second-order valence-corrected chi connectivity index (χ2v) is 5.36. The smallest absolute Gasteiger partial charge is 0.224 e. The van der Waals surface area contributed by atoms with Crippen molar-refractivity contribution in [1.29, 1.82) is 0 Å². The maximum absolute atomic E-state index is 12.1. The average Bonchev–Trinajstić information content (AvgIpc) is 2.44. The highest BCUT2D eigenvalue weighted by atomic mass is 35.5. The van der Waals surface area contributed by atoms with E-state index in [4.69, 9.17) is 17.3 Å². The fourth-order valence-corrected chi connectivity index (χ4v) is 2.27. The molecule has 1 aromatic rings. The Morgan fingerprint density at radius 2 is 1.80 bits per heavy atom. The summed E-state index contributed by atoms with van der Waals surface area (Å²) in [6.07, 6.45) is 1.66.